The second-order valence-electron chi connectivity index (χ2n) is 4.81. The van der Waals surface area contributed by atoms with E-state index in [9.17, 15) is 9.90 Å². The minimum absolute atomic E-state index is 0.446. The molecule has 1 atom stereocenters. The number of fused-ring (bicyclic) bond motifs is 1. The molecule has 1 heterocycles. The minimum atomic E-state index is -1.06. The molecule has 3 N–H and O–H groups in total. The van der Waals surface area contributed by atoms with Gasteiger partial charge in [-0.2, -0.15) is 0 Å². The number of rotatable bonds is 3. The molecule has 5 nitrogen and oxygen atoms in total. The maximum Gasteiger partial charge on any atom is 0.252 e. The van der Waals surface area contributed by atoms with Gasteiger partial charge in [-0.1, -0.05) is 24.3 Å². The van der Waals surface area contributed by atoms with Crippen molar-refractivity contribution >= 4 is 22.6 Å². The summed E-state index contributed by atoms with van der Waals surface area (Å²) in [5.74, 6) is 0.233. The Morgan fingerprint density at radius 3 is 2.67 bits per heavy atom. The quantitative estimate of drug-likeness (QED) is 0.690. The van der Waals surface area contributed by atoms with E-state index in [1.54, 1.807) is 6.07 Å². The molecular weight excluding hydrogens is 266 g/mol. The van der Waals surface area contributed by atoms with Crippen molar-refractivity contribution in [3.63, 3.8) is 0 Å². The monoisotopic (exact) mass is 281 g/mol. The summed E-state index contributed by atoms with van der Waals surface area (Å²) in [5, 5.41) is 12.0. The number of hydrogen-bond acceptors (Lipinski definition) is 3. The molecule has 2 aromatic carbocycles. The number of aliphatic hydroxyl groups is 1. The molecule has 0 bridgehead atoms. The number of nitrogens with one attached hydrogen (secondary N) is 2. The Hall–Kier alpha value is -2.66. The van der Waals surface area contributed by atoms with Crippen molar-refractivity contribution in [2.45, 2.75) is 13.0 Å². The number of aliphatic hydroxyl groups excluding tert-OH is 1. The first kappa shape index (κ1) is 13.3. The molecule has 0 aliphatic heterocycles. The van der Waals surface area contributed by atoms with Crippen LogP contribution < -0.4 is 5.32 Å². The summed E-state index contributed by atoms with van der Waals surface area (Å²) >= 11 is 0. The molecule has 21 heavy (non-hydrogen) atoms. The van der Waals surface area contributed by atoms with Crippen LogP contribution in [0.5, 0.6) is 0 Å². The van der Waals surface area contributed by atoms with Crippen LogP contribution in [0.25, 0.3) is 22.4 Å². The van der Waals surface area contributed by atoms with Crippen LogP contribution in [0.3, 0.4) is 0 Å². The topological polar surface area (TPSA) is 78.0 Å². The molecule has 3 aromatic rings. The number of carbonyl (C=O) groups is 1. The standard InChI is InChI=1S/C16H15N3O2/c1-10(20)16(21)19-12-7-3-2-6-11(12)15-17-13-8-4-5-9-14(13)18-15/h2-10,20H,1H3,(H,17,18)(H,19,21). The fourth-order valence-electron chi connectivity index (χ4n) is 2.12. The van der Waals surface area contributed by atoms with Crippen molar-refractivity contribution in [1.29, 1.82) is 0 Å². The maximum atomic E-state index is 11.7. The molecule has 0 fully saturated rings. The van der Waals surface area contributed by atoms with Crippen LogP contribution in [0, 0.1) is 0 Å². The number of hydrogen-bond donors (Lipinski definition) is 3. The number of amides is 1. The van der Waals surface area contributed by atoms with E-state index in [2.05, 4.69) is 15.3 Å². The lowest BCUT2D eigenvalue weighted by Gasteiger charge is -2.10. The van der Waals surface area contributed by atoms with E-state index in [0.29, 0.717) is 11.5 Å². The molecule has 0 aliphatic carbocycles. The number of H-pyrrole nitrogens is 1. The average Bonchev–Trinajstić information content (AvgIpc) is 2.91. The van der Waals surface area contributed by atoms with Gasteiger partial charge in [0.15, 0.2) is 0 Å². The van der Waals surface area contributed by atoms with Gasteiger partial charge in [-0.25, -0.2) is 4.98 Å². The van der Waals surface area contributed by atoms with Crippen LogP contribution in [-0.2, 0) is 4.79 Å². The third kappa shape index (κ3) is 2.64. The average molecular weight is 281 g/mol. The third-order valence-corrected chi connectivity index (χ3v) is 3.21. The lowest BCUT2D eigenvalue weighted by Crippen LogP contribution is -2.24. The molecular formula is C16H15N3O2. The van der Waals surface area contributed by atoms with E-state index < -0.39 is 12.0 Å². The van der Waals surface area contributed by atoms with E-state index in [-0.39, 0.29) is 0 Å². The number of benzene rings is 2. The number of carbonyl (C=O) groups excluding carboxylic acids is 1. The Bertz CT molecular complexity index is 760. The number of anilines is 1. The van der Waals surface area contributed by atoms with Crippen molar-refractivity contribution in [3.05, 3.63) is 48.5 Å². The van der Waals surface area contributed by atoms with Crippen molar-refractivity contribution in [2.24, 2.45) is 0 Å². The van der Waals surface area contributed by atoms with E-state index in [0.717, 1.165) is 16.6 Å². The Balaban J connectivity index is 2.03. The molecule has 0 saturated heterocycles. The molecule has 0 spiro atoms. The smallest absolute Gasteiger partial charge is 0.252 e. The van der Waals surface area contributed by atoms with Gasteiger partial charge in [0.05, 0.1) is 16.7 Å². The van der Waals surface area contributed by atoms with Gasteiger partial charge in [0.25, 0.3) is 5.91 Å². The van der Waals surface area contributed by atoms with Gasteiger partial charge in [0.2, 0.25) is 0 Å². The highest BCUT2D eigenvalue weighted by molar-refractivity contribution is 5.97. The number of nitrogens with zero attached hydrogens (tertiary/aromatic N) is 1. The van der Waals surface area contributed by atoms with Gasteiger partial charge in [0.1, 0.15) is 11.9 Å². The normalized spacial score (nSPS) is 12.3. The fourth-order valence-corrected chi connectivity index (χ4v) is 2.12. The molecule has 5 heteroatoms. The number of imidazole rings is 1. The summed E-state index contributed by atoms with van der Waals surface area (Å²) in [6, 6.07) is 15.1. The van der Waals surface area contributed by atoms with Crippen LogP contribution >= 0.6 is 0 Å². The van der Waals surface area contributed by atoms with E-state index in [1.807, 2.05) is 42.5 Å². The predicted octanol–water partition coefficient (Wildman–Crippen LogP) is 2.55. The number of aromatic nitrogens is 2. The van der Waals surface area contributed by atoms with Crippen molar-refractivity contribution < 1.29 is 9.90 Å². The first-order valence-corrected chi connectivity index (χ1v) is 6.68. The van der Waals surface area contributed by atoms with Gasteiger partial charge in [-0.15, -0.1) is 0 Å². The molecule has 0 radical (unpaired) electrons. The number of para-hydroxylation sites is 3. The zero-order valence-corrected chi connectivity index (χ0v) is 11.5. The third-order valence-electron chi connectivity index (χ3n) is 3.21. The molecule has 0 saturated carbocycles. The summed E-state index contributed by atoms with van der Waals surface area (Å²) in [6.45, 7) is 1.43. The summed E-state index contributed by atoms with van der Waals surface area (Å²) in [7, 11) is 0. The van der Waals surface area contributed by atoms with Crippen LogP contribution in [0.1, 0.15) is 6.92 Å². The molecule has 1 unspecified atom stereocenters. The van der Waals surface area contributed by atoms with Crippen LogP contribution in [0.2, 0.25) is 0 Å². The number of aromatic amines is 1. The van der Waals surface area contributed by atoms with Crippen LogP contribution in [0.15, 0.2) is 48.5 Å². The summed E-state index contributed by atoms with van der Waals surface area (Å²) in [6.07, 6.45) is -1.06. The SMILES string of the molecule is CC(O)C(=O)Nc1ccccc1-c1nc2ccccc2[nH]1. The lowest BCUT2D eigenvalue weighted by atomic mass is 10.1. The Morgan fingerprint density at radius 1 is 1.19 bits per heavy atom. The fraction of sp³-hybridized carbons (Fsp3) is 0.125. The van der Waals surface area contributed by atoms with Gasteiger partial charge >= 0.3 is 0 Å². The molecule has 1 amide bonds. The molecule has 3 rings (SSSR count). The van der Waals surface area contributed by atoms with Crippen LogP contribution in [-0.4, -0.2) is 27.1 Å². The van der Waals surface area contributed by atoms with Crippen molar-refractivity contribution in [1.82, 2.24) is 9.97 Å². The Labute approximate surface area is 121 Å². The van der Waals surface area contributed by atoms with E-state index >= 15 is 0 Å². The van der Waals surface area contributed by atoms with Gasteiger partial charge in [-0.3, -0.25) is 4.79 Å². The van der Waals surface area contributed by atoms with Crippen molar-refractivity contribution in [2.75, 3.05) is 5.32 Å². The van der Waals surface area contributed by atoms with E-state index in [1.165, 1.54) is 6.92 Å². The Morgan fingerprint density at radius 2 is 1.90 bits per heavy atom. The molecule has 106 valence electrons. The van der Waals surface area contributed by atoms with Gasteiger partial charge in [0, 0.05) is 5.56 Å². The highest BCUT2D eigenvalue weighted by Crippen LogP contribution is 2.27. The van der Waals surface area contributed by atoms with Gasteiger partial charge < -0.3 is 15.4 Å². The summed E-state index contributed by atoms with van der Waals surface area (Å²) in [4.78, 5) is 19.4. The highest BCUT2D eigenvalue weighted by Gasteiger charge is 2.14. The minimum Gasteiger partial charge on any atom is -0.384 e. The second-order valence-corrected chi connectivity index (χ2v) is 4.81. The Kier molecular flexibility index (Phi) is 3.41. The summed E-state index contributed by atoms with van der Waals surface area (Å²) in [5.41, 5.74) is 3.19. The molecule has 0 aliphatic rings. The first-order chi connectivity index (χ1) is 10.1. The predicted molar refractivity (Wildman–Crippen MR) is 81.8 cm³/mol. The zero-order valence-electron chi connectivity index (χ0n) is 11.5. The second kappa shape index (κ2) is 5.38. The van der Waals surface area contributed by atoms with Crippen molar-refractivity contribution in [3.8, 4) is 11.4 Å². The van der Waals surface area contributed by atoms with Crippen LogP contribution in [0.4, 0.5) is 5.69 Å². The van der Waals surface area contributed by atoms with Gasteiger partial charge in [-0.05, 0) is 31.2 Å². The van der Waals surface area contributed by atoms with E-state index in [4.69, 9.17) is 0 Å². The zero-order chi connectivity index (χ0) is 14.8. The first-order valence-electron chi connectivity index (χ1n) is 6.68. The maximum absolute atomic E-state index is 11.7. The lowest BCUT2D eigenvalue weighted by molar-refractivity contribution is -0.123. The summed E-state index contributed by atoms with van der Waals surface area (Å²) < 4.78 is 0. The largest absolute Gasteiger partial charge is 0.384 e. The highest BCUT2D eigenvalue weighted by atomic mass is 16.3. The molecule has 1 aromatic heterocycles.